The largest absolute Gasteiger partial charge is 0.394 e. The molecule has 11 heteroatoms. The van der Waals surface area contributed by atoms with E-state index in [-0.39, 0.29) is 12.8 Å². The molecule has 9 unspecified atom stereocenters. The molecule has 0 aromatic rings. The van der Waals surface area contributed by atoms with Crippen LogP contribution in [0.5, 0.6) is 0 Å². The summed E-state index contributed by atoms with van der Waals surface area (Å²) >= 11 is 0. The third-order valence-electron chi connectivity index (χ3n) is 20.7. The normalized spacial score (nSPS) is 18.2. The Hall–Kier alpha value is -1.67. The minimum Gasteiger partial charge on any atom is -0.394 e. The van der Waals surface area contributed by atoms with Gasteiger partial charge in [-0.25, -0.2) is 0 Å². The maximum atomic E-state index is 13.3. The van der Waals surface area contributed by atoms with E-state index >= 15 is 0 Å². The van der Waals surface area contributed by atoms with E-state index in [0.717, 1.165) is 44.9 Å². The highest BCUT2D eigenvalue weighted by molar-refractivity contribution is 5.80. The Morgan fingerprint density at radius 2 is 0.625 bits per heavy atom. The number of ether oxygens (including phenoxy) is 2. The van der Waals surface area contributed by atoms with Gasteiger partial charge in [-0.2, -0.15) is 0 Å². The summed E-state index contributed by atoms with van der Waals surface area (Å²) in [6, 6.07) is -1.20. The van der Waals surface area contributed by atoms with Crippen molar-refractivity contribution in [3.8, 4) is 0 Å². The molecule has 1 amide bonds. The highest BCUT2D eigenvalue weighted by Gasteiger charge is 2.44. The van der Waals surface area contributed by atoms with Crippen molar-refractivity contribution in [1.29, 1.82) is 0 Å². The van der Waals surface area contributed by atoms with Crippen LogP contribution >= 0.6 is 0 Å². The van der Waals surface area contributed by atoms with Crippen molar-refractivity contribution in [2.24, 2.45) is 0 Å². The maximum Gasteiger partial charge on any atom is 0.249 e. The number of allylic oxidation sites excluding steroid dienone is 6. The lowest BCUT2D eigenvalue weighted by Gasteiger charge is -2.40. The molecule has 8 N–H and O–H groups in total. The molecule has 0 aliphatic carbocycles. The minimum absolute atomic E-state index is 0.243. The SMILES string of the molecule is CCCCCCCCCCCCCCCCCCCC/C=C/CC/C=C/CC/C=C/CCCC(O)C(O)C(COC1OC(CO)C(O)C(O)C1O)NC(=O)C(O)CCCCCCCCCCCCCCCCCCCCCCCCCCCCCCCCCCCCCCCC. The Balaban J connectivity index is 2.12. The molecule has 0 spiro atoms. The van der Waals surface area contributed by atoms with Crippen LogP contribution in [-0.4, -0.2) is 110 Å². The van der Waals surface area contributed by atoms with E-state index in [9.17, 15) is 40.5 Å². The van der Waals surface area contributed by atoms with E-state index in [4.69, 9.17) is 9.47 Å². The van der Waals surface area contributed by atoms with E-state index in [1.807, 2.05) is 0 Å². The summed E-state index contributed by atoms with van der Waals surface area (Å²) in [5.41, 5.74) is 0. The predicted molar refractivity (Wildman–Crippen MR) is 409 cm³/mol. The van der Waals surface area contributed by atoms with Crippen molar-refractivity contribution in [1.82, 2.24) is 5.32 Å². The summed E-state index contributed by atoms with van der Waals surface area (Å²) in [6.45, 7) is 3.51. The van der Waals surface area contributed by atoms with Crippen LogP contribution in [0.2, 0.25) is 0 Å². The molecule has 96 heavy (non-hydrogen) atoms. The molecule has 11 nitrogen and oxygen atoms in total. The molecule has 1 aliphatic heterocycles. The molecule has 0 radical (unpaired) electrons. The van der Waals surface area contributed by atoms with Gasteiger partial charge in [0, 0.05) is 0 Å². The molecule has 0 aromatic carbocycles. The lowest BCUT2D eigenvalue weighted by Crippen LogP contribution is -2.60. The average Bonchev–Trinajstić information content (AvgIpc) is 1.24. The van der Waals surface area contributed by atoms with Crippen molar-refractivity contribution in [3.05, 3.63) is 36.5 Å². The van der Waals surface area contributed by atoms with Crippen LogP contribution < -0.4 is 5.32 Å². The number of aliphatic hydroxyl groups is 7. The van der Waals surface area contributed by atoms with E-state index in [2.05, 4.69) is 55.6 Å². The standard InChI is InChI=1S/C85H163NO10/c1-3-5-7-9-11-13-15-17-19-21-23-25-27-29-31-33-35-36-37-38-39-40-41-43-45-47-49-51-53-55-57-59-61-63-65-67-69-71-73-78(89)84(94)86-76(75-95-85-83(93)82(92)81(91)79(74-87)96-85)80(90)77(88)72-70-68-66-64-62-60-58-56-54-52-50-48-46-44-42-34-32-30-28-26-24-22-20-18-16-14-12-10-8-6-4-2/h48,50,56,58,64,66,76-83,85,87-93H,3-47,49,51-55,57,59-63,65,67-75H2,1-2H3,(H,86,94)/b50-48+,58-56+,66-64+. The monoisotopic (exact) mass is 1360 g/mol. The summed E-state index contributed by atoms with van der Waals surface area (Å²) in [6.07, 6.45) is 85.8. The van der Waals surface area contributed by atoms with Gasteiger partial charge in [-0.15, -0.1) is 0 Å². The maximum absolute atomic E-state index is 13.3. The zero-order valence-corrected chi connectivity index (χ0v) is 63.4. The van der Waals surface area contributed by atoms with E-state index in [1.165, 1.54) is 340 Å². The Bertz CT molecular complexity index is 1660. The van der Waals surface area contributed by atoms with Crippen LogP contribution in [0.4, 0.5) is 0 Å². The lowest BCUT2D eigenvalue weighted by atomic mass is 9.98. The number of aliphatic hydroxyl groups excluding tert-OH is 7. The Morgan fingerprint density at radius 1 is 0.354 bits per heavy atom. The summed E-state index contributed by atoms with van der Waals surface area (Å²) in [4.78, 5) is 13.3. The van der Waals surface area contributed by atoms with E-state index in [0.29, 0.717) is 19.3 Å². The first-order valence-electron chi connectivity index (χ1n) is 42.4. The first-order chi connectivity index (χ1) is 47.2. The second-order valence-electron chi connectivity index (χ2n) is 29.9. The van der Waals surface area contributed by atoms with Crippen molar-refractivity contribution in [3.63, 3.8) is 0 Å². The first-order valence-corrected chi connectivity index (χ1v) is 42.4. The molecule has 0 bridgehead atoms. The summed E-state index contributed by atoms with van der Waals surface area (Å²) in [7, 11) is 0. The highest BCUT2D eigenvalue weighted by atomic mass is 16.7. The fraction of sp³-hybridized carbons (Fsp3) is 0.918. The third-order valence-corrected chi connectivity index (χ3v) is 20.7. The number of amides is 1. The average molecular weight is 1360 g/mol. The molecular weight excluding hydrogens is 1190 g/mol. The van der Waals surface area contributed by atoms with Gasteiger partial charge in [0.2, 0.25) is 5.91 Å². The number of carbonyl (C=O) groups is 1. The number of nitrogens with one attached hydrogen (secondary N) is 1. The molecule has 1 fully saturated rings. The second-order valence-corrected chi connectivity index (χ2v) is 29.9. The smallest absolute Gasteiger partial charge is 0.249 e. The van der Waals surface area contributed by atoms with Crippen molar-refractivity contribution >= 4 is 5.91 Å². The Morgan fingerprint density at radius 3 is 0.927 bits per heavy atom. The van der Waals surface area contributed by atoms with Crippen LogP contribution in [0.15, 0.2) is 36.5 Å². The van der Waals surface area contributed by atoms with Gasteiger partial charge in [0.15, 0.2) is 6.29 Å². The second kappa shape index (κ2) is 73.1. The molecule has 1 saturated heterocycles. The van der Waals surface area contributed by atoms with Crippen LogP contribution in [0, 0.1) is 0 Å². The topological polar surface area (TPSA) is 189 Å². The van der Waals surface area contributed by atoms with E-state index < -0.39 is 74.2 Å². The minimum atomic E-state index is -1.67. The molecule has 9 atom stereocenters. The number of carbonyl (C=O) groups excluding carboxylic acids is 1. The molecule has 1 rings (SSSR count). The fourth-order valence-corrected chi connectivity index (χ4v) is 14.0. The van der Waals surface area contributed by atoms with Gasteiger partial charge in [-0.1, -0.05) is 403 Å². The van der Waals surface area contributed by atoms with Gasteiger partial charge < -0.3 is 50.5 Å². The molecule has 1 heterocycles. The number of unbranched alkanes of at least 4 members (excludes halogenated alkanes) is 58. The lowest BCUT2D eigenvalue weighted by molar-refractivity contribution is -0.303. The number of hydrogen-bond donors (Lipinski definition) is 8. The Kier molecular flexibility index (Phi) is 70.3. The molecule has 568 valence electrons. The zero-order valence-electron chi connectivity index (χ0n) is 63.4. The summed E-state index contributed by atoms with van der Waals surface area (Å²) < 4.78 is 11.2. The van der Waals surface area contributed by atoms with Crippen LogP contribution in [0.25, 0.3) is 0 Å². The van der Waals surface area contributed by atoms with Crippen molar-refractivity contribution in [2.75, 3.05) is 13.2 Å². The number of hydrogen-bond acceptors (Lipinski definition) is 10. The summed E-state index contributed by atoms with van der Waals surface area (Å²) in [5, 5.41) is 76.7. The fourth-order valence-electron chi connectivity index (χ4n) is 14.0. The zero-order chi connectivity index (χ0) is 69.5. The van der Waals surface area contributed by atoms with Gasteiger partial charge in [0.25, 0.3) is 0 Å². The van der Waals surface area contributed by atoms with Crippen LogP contribution in [0.3, 0.4) is 0 Å². The van der Waals surface area contributed by atoms with Crippen molar-refractivity contribution < 1.29 is 50.0 Å². The van der Waals surface area contributed by atoms with Crippen molar-refractivity contribution in [2.45, 2.75) is 486 Å². The first kappa shape index (κ1) is 92.3. The van der Waals surface area contributed by atoms with Gasteiger partial charge in [-0.3, -0.25) is 4.79 Å². The summed E-state index contributed by atoms with van der Waals surface area (Å²) in [5.74, 6) is -0.704. The highest BCUT2D eigenvalue weighted by Crippen LogP contribution is 2.25. The molecular formula is C85H163NO10. The van der Waals surface area contributed by atoms with Gasteiger partial charge in [0.05, 0.1) is 25.4 Å². The molecule has 0 saturated carbocycles. The van der Waals surface area contributed by atoms with Crippen LogP contribution in [0.1, 0.15) is 431 Å². The van der Waals surface area contributed by atoms with Crippen LogP contribution in [-0.2, 0) is 14.3 Å². The molecule has 0 aromatic heterocycles. The molecule has 1 aliphatic rings. The third kappa shape index (κ3) is 58.9. The predicted octanol–water partition coefficient (Wildman–Crippen LogP) is 22.4. The van der Waals surface area contributed by atoms with E-state index in [1.54, 1.807) is 0 Å². The van der Waals surface area contributed by atoms with Gasteiger partial charge in [-0.05, 0) is 64.2 Å². The quantitative estimate of drug-likeness (QED) is 0.0215. The Labute approximate surface area is 594 Å². The van der Waals surface area contributed by atoms with Gasteiger partial charge >= 0.3 is 0 Å². The number of rotatable bonds is 76. The van der Waals surface area contributed by atoms with Gasteiger partial charge in [0.1, 0.15) is 36.6 Å².